The molecule has 0 saturated carbocycles. The van der Waals surface area contributed by atoms with Gasteiger partial charge in [-0.1, -0.05) is 61.2 Å². The van der Waals surface area contributed by atoms with Crippen LogP contribution in [0, 0.1) is 0 Å². The number of H-pyrrole nitrogens is 1. The highest BCUT2D eigenvalue weighted by Crippen LogP contribution is 2.20. The number of hydrogen-bond acceptors (Lipinski definition) is 5. The Labute approximate surface area is 187 Å². The van der Waals surface area contributed by atoms with Crippen LogP contribution < -0.4 is 20.8 Å². The second-order valence-electron chi connectivity index (χ2n) is 8.72. The molecule has 0 radical (unpaired) electrons. The van der Waals surface area contributed by atoms with Crippen LogP contribution in [0.4, 0.5) is 0 Å². The Bertz CT molecular complexity index is 1120. The number of benzene rings is 2. The molecule has 1 atom stereocenters. The maximum atomic E-state index is 13.2. The zero-order valence-corrected chi connectivity index (χ0v) is 19.7. The van der Waals surface area contributed by atoms with Gasteiger partial charge >= 0.3 is 0 Å². The topological polar surface area (TPSA) is 101 Å². The minimum atomic E-state index is -1.42. The van der Waals surface area contributed by atoms with Crippen molar-refractivity contribution in [2.75, 3.05) is 7.11 Å². The van der Waals surface area contributed by atoms with Crippen molar-refractivity contribution in [2.45, 2.75) is 38.5 Å². The number of aromatic nitrogens is 1. The fourth-order valence-electron chi connectivity index (χ4n) is 3.35. The Morgan fingerprint density at radius 3 is 2.22 bits per heavy atom. The summed E-state index contributed by atoms with van der Waals surface area (Å²) in [4.78, 5) is 37.0. The van der Waals surface area contributed by atoms with Crippen LogP contribution in [0.2, 0.25) is 19.6 Å². The average Bonchev–Trinajstić information content (AvgIpc) is 3.16. The lowest BCUT2D eigenvalue weighted by Crippen LogP contribution is -2.37. The molecule has 0 fully saturated rings. The average molecular weight is 453 g/mol. The summed E-state index contributed by atoms with van der Waals surface area (Å²) in [5.74, 6) is 0.300. The SMILES string of the molecule is COc1ccc(C(NC(=O)Cc2cc(=O)[nH]o2)C(=O)Cc2ccc([Si](C)(C)C)cc2)cc1. The van der Waals surface area contributed by atoms with Crippen molar-refractivity contribution in [3.8, 4) is 5.75 Å². The Morgan fingerprint density at radius 1 is 1.03 bits per heavy atom. The summed E-state index contributed by atoms with van der Waals surface area (Å²) in [5, 5.41) is 6.26. The minimum absolute atomic E-state index is 0.139. The van der Waals surface area contributed by atoms with Crippen LogP contribution >= 0.6 is 0 Å². The van der Waals surface area contributed by atoms with Crippen LogP contribution in [0.15, 0.2) is 63.9 Å². The van der Waals surface area contributed by atoms with Gasteiger partial charge in [-0.25, -0.2) is 0 Å². The van der Waals surface area contributed by atoms with E-state index in [1.54, 1.807) is 31.4 Å². The van der Waals surface area contributed by atoms with Crippen LogP contribution in [0.1, 0.15) is 22.9 Å². The zero-order valence-electron chi connectivity index (χ0n) is 18.7. The van der Waals surface area contributed by atoms with Gasteiger partial charge in [-0.05, 0) is 23.3 Å². The molecule has 1 aromatic heterocycles. The summed E-state index contributed by atoms with van der Waals surface area (Å²) in [6.07, 6.45) is 0.0335. The number of ketones is 1. The zero-order chi connectivity index (χ0) is 23.3. The van der Waals surface area contributed by atoms with Crippen LogP contribution in [-0.4, -0.2) is 32.0 Å². The van der Waals surface area contributed by atoms with Crippen molar-refractivity contribution < 1.29 is 18.8 Å². The molecule has 0 aliphatic carbocycles. The molecule has 7 nitrogen and oxygen atoms in total. The molecule has 32 heavy (non-hydrogen) atoms. The van der Waals surface area contributed by atoms with Gasteiger partial charge in [0.1, 0.15) is 17.6 Å². The first-order chi connectivity index (χ1) is 15.2. The normalized spacial score (nSPS) is 12.2. The molecule has 0 spiro atoms. The van der Waals surface area contributed by atoms with E-state index in [0.717, 1.165) is 5.56 Å². The Balaban J connectivity index is 1.79. The van der Waals surface area contributed by atoms with Gasteiger partial charge in [0.05, 0.1) is 21.6 Å². The highest BCUT2D eigenvalue weighted by molar-refractivity contribution is 6.88. The quantitative estimate of drug-likeness (QED) is 0.486. The summed E-state index contributed by atoms with van der Waals surface area (Å²) < 4.78 is 10.1. The van der Waals surface area contributed by atoms with Gasteiger partial charge in [0.2, 0.25) is 5.91 Å². The van der Waals surface area contributed by atoms with Gasteiger partial charge in [0, 0.05) is 12.5 Å². The van der Waals surface area contributed by atoms with Crippen LogP contribution in [0.25, 0.3) is 0 Å². The summed E-state index contributed by atoms with van der Waals surface area (Å²) in [7, 11) is 0.139. The highest BCUT2D eigenvalue weighted by Gasteiger charge is 2.24. The van der Waals surface area contributed by atoms with Gasteiger partial charge in [0.25, 0.3) is 5.56 Å². The fraction of sp³-hybridized carbons (Fsp3) is 0.292. The highest BCUT2D eigenvalue weighted by atomic mass is 28.3. The molecule has 0 bridgehead atoms. The molecule has 1 unspecified atom stereocenters. The van der Waals surface area contributed by atoms with Crippen LogP contribution in [0.5, 0.6) is 5.75 Å². The van der Waals surface area contributed by atoms with Crippen molar-refractivity contribution in [1.29, 1.82) is 0 Å². The number of aromatic amines is 1. The first-order valence-electron chi connectivity index (χ1n) is 10.4. The van der Waals surface area contributed by atoms with Gasteiger partial charge in [0.15, 0.2) is 5.78 Å². The van der Waals surface area contributed by atoms with E-state index in [1.165, 1.54) is 11.3 Å². The molecule has 2 N–H and O–H groups in total. The number of carbonyl (C=O) groups excluding carboxylic acids is 2. The Morgan fingerprint density at radius 2 is 1.69 bits per heavy atom. The molecule has 3 aromatic rings. The largest absolute Gasteiger partial charge is 0.497 e. The molecule has 0 aliphatic heterocycles. The molecule has 3 rings (SSSR count). The molecular weight excluding hydrogens is 424 g/mol. The van der Waals surface area contributed by atoms with E-state index in [-0.39, 0.29) is 24.4 Å². The predicted molar refractivity (Wildman–Crippen MR) is 125 cm³/mol. The van der Waals surface area contributed by atoms with Crippen LogP contribution in [-0.2, 0) is 22.4 Å². The van der Waals surface area contributed by atoms with Gasteiger partial charge in [-0.3, -0.25) is 14.4 Å². The van der Waals surface area contributed by atoms with E-state index < -0.39 is 25.6 Å². The van der Waals surface area contributed by atoms with Crippen molar-refractivity contribution >= 4 is 25.0 Å². The number of ether oxygens (including phenoxy) is 1. The maximum absolute atomic E-state index is 13.2. The molecule has 168 valence electrons. The molecule has 0 aliphatic rings. The summed E-state index contributed by atoms with van der Waals surface area (Å²) in [6.45, 7) is 6.82. The van der Waals surface area contributed by atoms with Gasteiger partial charge < -0.3 is 14.6 Å². The third-order valence-electron chi connectivity index (χ3n) is 5.18. The lowest BCUT2D eigenvalue weighted by Gasteiger charge is -2.19. The minimum Gasteiger partial charge on any atom is -0.497 e. The summed E-state index contributed by atoms with van der Waals surface area (Å²) >= 11 is 0. The number of nitrogens with one attached hydrogen (secondary N) is 2. The van der Waals surface area contributed by atoms with Crippen molar-refractivity contribution in [3.05, 3.63) is 81.8 Å². The first-order valence-corrected chi connectivity index (χ1v) is 13.9. The van der Waals surface area contributed by atoms with Crippen molar-refractivity contribution in [3.63, 3.8) is 0 Å². The van der Waals surface area contributed by atoms with Gasteiger partial charge in [-0.15, -0.1) is 0 Å². The van der Waals surface area contributed by atoms with E-state index in [2.05, 4.69) is 42.2 Å². The summed E-state index contributed by atoms with van der Waals surface area (Å²) in [6, 6.07) is 15.5. The fourth-order valence-corrected chi connectivity index (χ4v) is 4.52. The Hall–Kier alpha value is -3.39. The number of Topliss-reactive ketones (excluding diaryl/α,β-unsaturated/α-hetero) is 1. The second kappa shape index (κ2) is 9.82. The van der Waals surface area contributed by atoms with E-state index >= 15 is 0 Å². The maximum Gasteiger partial charge on any atom is 0.280 e. The van der Waals surface area contributed by atoms with E-state index in [1.807, 2.05) is 12.1 Å². The van der Waals surface area contributed by atoms with E-state index in [9.17, 15) is 14.4 Å². The molecule has 1 heterocycles. The molecule has 1 amide bonds. The van der Waals surface area contributed by atoms with Gasteiger partial charge in [-0.2, -0.15) is 5.16 Å². The lowest BCUT2D eigenvalue weighted by atomic mass is 9.97. The summed E-state index contributed by atoms with van der Waals surface area (Å²) in [5.41, 5.74) is 1.12. The monoisotopic (exact) mass is 452 g/mol. The smallest absolute Gasteiger partial charge is 0.280 e. The van der Waals surface area contributed by atoms with Crippen molar-refractivity contribution in [1.82, 2.24) is 10.5 Å². The number of carbonyl (C=O) groups is 2. The molecule has 0 saturated heterocycles. The van der Waals surface area contributed by atoms with E-state index in [4.69, 9.17) is 9.26 Å². The number of methoxy groups -OCH3 is 1. The third-order valence-corrected chi connectivity index (χ3v) is 7.25. The second-order valence-corrected chi connectivity index (χ2v) is 13.8. The predicted octanol–water partition coefficient (Wildman–Crippen LogP) is 2.73. The Kier molecular flexibility index (Phi) is 7.14. The van der Waals surface area contributed by atoms with E-state index in [0.29, 0.717) is 11.3 Å². The number of amides is 1. The molecule has 2 aromatic carbocycles. The first kappa shape index (κ1) is 23.3. The third kappa shape index (κ3) is 6.07. The number of hydrogen-bond donors (Lipinski definition) is 2. The molecular formula is C24H28N2O5Si. The molecule has 8 heteroatoms. The standard InChI is InChI=1S/C24H28N2O5Si/c1-30-18-9-7-17(8-10-18)24(25-22(28)14-19-15-23(29)26-31-19)21(27)13-16-5-11-20(12-6-16)32(2,3)4/h5-12,15,24H,13-14H2,1-4H3,(H,25,28)(H,26,29). The van der Waals surface area contributed by atoms with Crippen molar-refractivity contribution in [2.24, 2.45) is 0 Å². The lowest BCUT2D eigenvalue weighted by molar-refractivity contribution is -0.127. The van der Waals surface area contributed by atoms with Crippen LogP contribution in [0.3, 0.4) is 0 Å². The number of rotatable bonds is 9.